The molecule has 0 aliphatic rings. The molecule has 2 N–H and O–H groups in total. The van der Waals surface area contributed by atoms with Crippen molar-refractivity contribution in [3.8, 4) is 17.6 Å². The third-order valence-corrected chi connectivity index (χ3v) is 4.08. The van der Waals surface area contributed by atoms with E-state index in [2.05, 4.69) is 22.1 Å². The fourth-order valence-corrected chi connectivity index (χ4v) is 2.92. The molecule has 114 valence electrons. The van der Waals surface area contributed by atoms with Gasteiger partial charge in [-0.3, -0.25) is 10.1 Å². The van der Waals surface area contributed by atoms with E-state index in [4.69, 9.17) is 0 Å². The number of thiazole rings is 1. The minimum absolute atomic E-state index is 0.0199. The monoisotopic (exact) mass is 325 g/mol. The van der Waals surface area contributed by atoms with E-state index in [1.165, 1.54) is 17.4 Å². The predicted molar refractivity (Wildman–Crippen MR) is 89.9 cm³/mol. The first kappa shape index (κ1) is 14.8. The molecule has 0 aliphatic carbocycles. The van der Waals surface area contributed by atoms with Crippen LogP contribution in [0.4, 0.5) is 11.4 Å². The Kier molecular flexibility index (Phi) is 3.83. The zero-order valence-electron chi connectivity index (χ0n) is 12.0. The molecule has 0 amide bonds. The number of phenolic OH excluding ortho intramolecular Hbond substituents is 1. The molecule has 0 aliphatic heterocycles. The van der Waals surface area contributed by atoms with E-state index >= 15 is 0 Å². The second-order valence-electron chi connectivity index (χ2n) is 4.66. The molecule has 1 heterocycles. The van der Waals surface area contributed by atoms with Crippen LogP contribution in [0.2, 0.25) is 0 Å². The maximum atomic E-state index is 11.0. The van der Waals surface area contributed by atoms with Gasteiger partial charge in [-0.25, -0.2) is 4.98 Å². The summed E-state index contributed by atoms with van der Waals surface area (Å²) in [4.78, 5) is 14.9. The van der Waals surface area contributed by atoms with E-state index in [1.54, 1.807) is 37.4 Å². The van der Waals surface area contributed by atoms with Gasteiger partial charge in [0.15, 0.2) is 5.01 Å². The Bertz CT molecular complexity index is 970. The van der Waals surface area contributed by atoms with Crippen LogP contribution in [-0.2, 0) is 0 Å². The van der Waals surface area contributed by atoms with Crippen molar-refractivity contribution in [3.63, 3.8) is 0 Å². The van der Waals surface area contributed by atoms with Crippen LogP contribution in [0.5, 0.6) is 5.75 Å². The zero-order valence-corrected chi connectivity index (χ0v) is 12.8. The molecule has 0 unspecified atom stereocenters. The minimum atomic E-state index is -0.447. The number of nitrogens with zero attached hydrogens (tertiary/aromatic N) is 2. The number of hydrogen-bond donors (Lipinski definition) is 2. The molecule has 23 heavy (non-hydrogen) atoms. The molecular formula is C16H11N3O3S. The van der Waals surface area contributed by atoms with Crippen LogP contribution < -0.4 is 5.32 Å². The number of fused-ring (bicyclic) bond motifs is 1. The first-order valence-electron chi connectivity index (χ1n) is 6.64. The molecule has 0 saturated carbocycles. The average Bonchev–Trinajstić information content (AvgIpc) is 2.94. The summed E-state index contributed by atoms with van der Waals surface area (Å²) in [6.07, 6.45) is 0. The summed E-state index contributed by atoms with van der Waals surface area (Å²) in [6, 6.07) is 9.68. The summed E-state index contributed by atoms with van der Waals surface area (Å²) < 4.78 is 0.839. The van der Waals surface area contributed by atoms with Crippen LogP contribution in [0, 0.1) is 22.0 Å². The van der Waals surface area contributed by atoms with Gasteiger partial charge < -0.3 is 10.4 Å². The molecule has 0 saturated heterocycles. The summed E-state index contributed by atoms with van der Waals surface area (Å²) in [5, 5.41) is 23.9. The highest BCUT2D eigenvalue weighted by molar-refractivity contribution is 7.19. The number of anilines is 1. The smallest absolute Gasteiger partial charge is 0.293 e. The number of hydrogen-bond acceptors (Lipinski definition) is 6. The lowest BCUT2D eigenvalue weighted by molar-refractivity contribution is -0.384. The van der Waals surface area contributed by atoms with Crippen molar-refractivity contribution in [1.82, 2.24) is 4.98 Å². The van der Waals surface area contributed by atoms with Crippen LogP contribution in [0.3, 0.4) is 0 Å². The van der Waals surface area contributed by atoms with Crippen LogP contribution in [-0.4, -0.2) is 22.1 Å². The van der Waals surface area contributed by atoms with Gasteiger partial charge >= 0.3 is 0 Å². The number of rotatable bonds is 2. The van der Waals surface area contributed by atoms with E-state index in [0.717, 1.165) is 10.2 Å². The molecule has 6 nitrogen and oxygen atoms in total. The number of aromatic hydroxyl groups is 1. The fraction of sp³-hybridized carbons (Fsp3) is 0.0625. The van der Waals surface area contributed by atoms with Crippen molar-refractivity contribution in [2.45, 2.75) is 0 Å². The van der Waals surface area contributed by atoms with Crippen molar-refractivity contribution in [1.29, 1.82) is 0 Å². The average molecular weight is 325 g/mol. The SMILES string of the molecule is CNc1ccc(C#Cc2nc3ccc(O)cc3s2)cc1[N+](=O)[O-]. The van der Waals surface area contributed by atoms with Crippen molar-refractivity contribution in [2.24, 2.45) is 0 Å². The van der Waals surface area contributed by atoms with E-state index < -0.39 is 4.92 Å². The van der Waals surface area contributed by atoms with Gasteiger partial charge in [0, 0.05) is 18.7 Å². The van der Waals surface area contributed by atoms with Crippen molar-refractivity contribution < 1.29 is 10.0 Å². The molecule has 0 atom stereocenters. The Labute approximate surface area is 135 Å². The van der Waals surface area contributed by atoms with Gasteiger partial charge in [-0.1, -0.05) is 5.92 Å². The highest BCUT2D eigenvalue weighted by Gasteiger charge is 2.12. The Morgan fingerprint density at radius 1 is 1.26 bits per heavy atom. The van der Waals surface area contributed by atoms with Gasteiger partial charge in [0.1, 0.15) is 11.4 Å². The predicted octanol–water partition coefficient (Wildman–Crippen LogP) is 3.35. The molecule has 0 radical (unpaired) electrons. The lowest BCUT2D eigenvalue weighted by Gasteiger charge is -2.01. The van der Waals surface area contributed by atoms with E-state index in [9.17, 15) is 15.2 Å². The summed E-state index contributed by atoms with van der Waals surface area (Å²) in [7, 11) is 1.63. The molecular weight excluding hydrogens is 314 g/mol. The van der Waals surface area contributed by atoms with Crippen molar-refractivity contribution in [2.75, 3.05) is 12.4 Å². The fourth-order valence-electron chi connectivity index (χ4n) is 2.06. The lowest BCUT2D eigenvalue weighted by atomic mass is 10.2. The second kappa shape index (κ2) is 5.94. The summed E-state index contributed by atoms with van der Waals surface area (Å²) in [5.41, 5.74) is 1.72. The number of aromatic nitrogens is 1. The van der Waals surface area contributed by atoms with Crippen LogP contribution in [0.15, 0.2) is 36.4 Å². The minimum Gasteiger partial charge on any atom is -0.508 e. The number of benzene rings is 2. The Hall–Kier alpha value is -3.11. The molecule has 0 bridgehead atoms. The van der Waals surface area contributed by atoms with Gasteiger partial charge in [0.2, 0.25) is 0 Å². The second-order valence-corrected chi connectivity index (χ2v) is 5.69. The topological polar surface area (TPSA) is 88.3 Å². The zero-order chi connectivity index (χ0) is 16.4. The number of phenols is 1. The number of nitrogens with one attached hydrogen (secondary N) is 1. The largest absolute Gasteiger partial charge is 0.508 e. The van der Waals surface area contributed by atoms with Gasteiger partial charge in [-0.2, -0.15) is 0 Å². The quantitative estimate of drug-likeness (QED) is 0.428. The van der Waals surface area contributed by atoms with Gasteiger partial charge in [-0.05, 0) is 36.3 Å². The van der Waals surface area contributed by atoms with Crippen molar-refractivity contribution >= 4 is 32.9 Å². The first-order valence-corrected chi connectivity index (χ1v) is 7.46. The number of nitro groups is 1. The van der Waals surface area contributed by atoms with Crippen molar-refractivity contribution in [3.05, 3.63) is 57.1 Å². The third kappa shape index (κ3) is 3.07. The maximum absolute atomic E-state index is 11.0. The molecule has 3 rings (SSSR count). The van der Waals surface area contributed by atoms with Crippen LogP contribution >= 0.6 is 11.3 Å². The van der Waals surface area contributed by atoms with Gasteiger partial charge in [0.05, 0.1) is 15.1 Å². The summed E-state index contributed by atoms with van der Waals surface area (Å²) >= 11 is 1.36. The summed E-state index contributed by atoms with van der Waals surface area (Å²) in [6.45, 7) is 0. The Morgan fingerprint density at radius 2 is 2.09 bits per heavy atom. The van der Waals surface area contributed by atoms with Gasteiger partial charge in [-0.15, -0.1) is 11.3 Å². The number of nitro benzene ring substituents is 1. The molecule has 3 aromatic rings. The normalized spacial score (nSPS) is 10.1. The molecule has 7 heteroatoms. The molecule has 0 fully saturated rings. The van der Waals surface area contributed by atoms with Gasteiger partial charge in [0.25, 0.3) is 5.69 Å². The van der Waals surface area contributed by atoms with E-state index in [1.807, 2.05) is 0 Å². The highest BCUT2D eigenvalue weighted by Crippen LogP contribution is 2.26. The Balaban J connectivity index is 1.96. The first-order chi connectivity index (χ1) is 11.1. The molecule has 2 aromatic carbocycles. The highest BCUT2D eigenvalue weighted by atomic mass is 32.1. The summed E-state index contributed by atoms with van der Waals surface area (Å²) in [5.74, 6) is 5.97. The molecule has 0 spiro atoms. The van der Waals surface area contributed by atoms with Crippen LogP contribution in [0.1, 0.15) is 10.6 Å². The van der Waals surface area contributed by atoms with E-state index in [0.29, 0.717) is 16.3 Å². The van der Waals surface area contributed by atoms with E-state index in [-0.39, 0.29) is 11.4 Å². The third-order valence-electron chi connectivity index (χ3n) is 3.15. The van der Waals surface area contributed by atoms with Crippen LogP contribution in [0.25, 0.3) is 10.2 Å². The molecule has 1 aromatic heterocycles. The maximum Gasteiger partial charge on any atom is 0.293 e. The Morgan fingerprint density at radius 3 is 2.83 bits per heavy atom. The standard InChI is InChI=1S/C16H11N3O3S/c1-17-12-5-2-10(8-14(12)19(21)22)3-7-16-18-13-6-4-11(20)9-15(13)23-16/h2,4-6,8-9,17,20H,1H3. The lowest BCUT2D eigenvalue weighted by Crippen LogP contribution is -1.96.